The third kappa shape index (κ3) is 2.44. The molecule has 0 unspecified atom stereocenters. The van der Waals surface area contributed by atoms with E-state index in [0.29, 0.717) is 12.2 Å². The Kier molecular flexibility index (Phi) is 3.49. The fourth-order valence-electron chi connectivity index (χ4n) is 1.53. The number of aromatic nitrogens is 2. The molecule has 0 aliphatic heterocycles. The van der Waals surface area contributed by atoms with Gasteiger partial charge in [0.2, 0.25) is 0 Å². The number of nitrogens with zero attached hydrogens (tertiary/aromatic N) is 4. The average molecular weight is 265 g/mol. The van der Waals surface area contributed by atoms with Gasteiger partial charge in [-0.3, -0.25) is 4.90 Å². The highest BCUT2D eigenvalue weighted by atomic mass is 35.5. The number of hydrogen-bond donors (Lipinski definition) is 0. The van der Waals surface area contributed by atoms with Crippen LogP contribution in [0, 0.1) is 17.3 Å². The smallest absolute Gasteiger partial charge is 0.184 e. The largest absolute Gasteiger partial charge is 0.336 e. The van der Waals surface area contributed by atoms with Crippen molar-refractivity contribution >= 4 is 17.3 Å². The fraction of sp³-hybridized carbons (Fsp3) is 0.167. The summed E-state index contributed by atoms with van der Waals surface area (Å²) in [5.41, 5.74) is 0.534. The first kappa shape index (κ1) is 12.4. The summed E-state index contributed by atoms with van der Waals surface area (Å²) in [5, 5.41) is 9.12. The van der Waals surface area contributed by atoms with E-state index in [1.54, 1.807) is 12.4 Å². The lowest BCUT2D eigenvalue weighted by Crippen LogP contribution is -2.18. The number of aryl methyl sites for hydroxylation is 1. The number of hydrogen-bond acceptors (Lipinski definition) is 3. The second-order valence-electron chi connectivity index (χ2n) is 3.74. The van der Waals surface area contributed by atoms with Crippen molar-refractivity contribution in [2.75, 3.05) is 4.90 Å². The van der Waals surface area contributed by atoms with Crippen LogP contribution >= 0.6 is 11.6 Å². The van der Waals surface area contributed by atoms with E-state index < -0.39 is 5.82 Å². The van der Waals surface area contributed by atoms with Gasteiger partial charge in [-0.25, -0.2) is 9.37 Å². The molecule has 0 aliphatic rings. The van der Waals surface area contributed by atoms with E-state index in [1.807, 2.05) is 17.8 Å². The van der Waals surface area contributed by atoms with Crippen LogP contribution in [0.2, 0.25) is 5.02 Å². The summed E-state index contributed by atoms with van der Waals surface area (Å²) >= 11 is 5.70. The van der Waals surface area contributed by atoms with Gasteiger partial charge in [-0.2, -0.15) is 5.26 Å². The van der Waals surface area contributed by atoms with Gasteiger partial charge in [0.1, 0.15) is 11.6 Å². The number of anilines is 1. The third-order valence-corrected chi connectivity index (χ3v) is 2.85. The Labute approximate surface area is 109 Å². The topological polar surface area (TPSA) is 44.9 Å². The molecule has 0 N–H and O–H groups in total. The maximum atomic E-state index is 13.1. The number of nitriles is 1. The lowest BCUT2D eigenvalue weighted by Gasteiger charge is -2.15. The monoisotopic (exact) mass is 264 g/mol. The highest BCUT2D eigenvalue weighted by Gasteiger charge is 2.11. The maximum Gasteiger partial charge on any atom is 0.184 e. The maximum absolute atomic E-state index is 13.1. The predicted molar refractivity (Wildman–Crippen MR) is 66.4 cm³/mol. The molecule has 2 aromatic rings. The molecule has 92 valence electrons. The van der Waals surface area contributed by atoms with Crippen LogP contribution in [0.3, 0.4) is 0 Å². The van der Waals surface area contributed by atoms with Gasteiger partial charge in [-0.05, 0) is 18.2 Å². The Morgan fingerprint density at radius 3 is 2.89 bits per heavy atom. The molecule has 1 heterocycles. The number of rotatable bonds is 3. The second-order valence-corrected chi connectivity index (χ2v) is 4.15. The number of imidazole rings is 1. The van der Waals surface area contributed by atoms with Crippen LogP contribution in [-0.2, 0) is 13.6 Å². The summed E-state index contributed by atoms with van der Waals surface area (Å²) < 4.78 is 14.9. The molecule has 0 amide bonds. The van der Waals surface area contributed by atoms with Gasteiger partial charge in [0, 0.05) is 19.4 Å². The van der Waals surface area contributed by atoms with E-state index in [9.17, 15) is 4.39 Å². The van der Waals surface area contributed by atoms with Crippen LogP contribution in [0.4, 0.5) is 10.1 Å². The summed E-state index contributed by atoms with van der Waals surface area (Å²) in [7, 11) is 1.84. The fourth-order valence-corrected chi connectivity index (χ4v) is 1.70. The highest BCUT2D eigenvalue weighted by molar-refractivity contribution is 6.31. The van der Waals surface area contributed by atoms with Gasteiger partial charge in [0.25, 0.3) is 0 Å². The Morgan fingerprint density at radius 1 is 1.56 bits per heavy atom. The van der Waals surface area contributed by atoms with Crippen molar-refractivity contribution in [3.63, 3.8) is 0 Å². The number of benzene rings is 1. The van der Waals surface area contributed by atoms with E-state index in [2.05, 4.69) is 4.98 Å². The molecule has 1 aromatic heterocycles. The van der Waals surface area contributed by atoms with E-state index in [-0.39, 0.29) is 5.02 Å². The normalized spacial score (nSPS) is 10.1. The van der Waals surface area contributed by atoms with Crippen molar-refractivity contribution in [3.8, 4) is 6.19 Å². The summed E-state index contributed by atoms with van der Waals surface area (Å²) in [6, 6.07) is 4.16. The van der Waals surface area contributed by atoms with Crippen molar-refractivity contribution in [3.05, 3.63) is 47.3 Å². The molecule has 0 spiro atoms. The van der Waals surface area contributed by atoms with Crippen LogP contribution < -0.4 is 4.90 Å². The molecule has 0 atom stereocenters. The molecule has 0 radical (unpaired) electrons. The molecule has 0 saturated carbocycles. The Hall–Kier alpha value is -2.06. The first-order chi connectivity index (χ1) is 8.61. The lowest BCUT2D eigenvalue weighted by atomic mass is 10.3. The summed E-state index contributed by atoms with van der Waals surface area (Å²) in [6.07, 6.45) is 5.48. The van der Waals surface area contributed by atoms with E-state index in [4.69, 9.17) is 16.9 Å². The van der Waals surface area contributed by atoms with Crippen LogP contribution in [-0.4, -0.2) is 9.55 Å². The summed E-state index contributed by atoms with van der Waals surface area (Å²) in [5.74, 6) is 0.229. The first-order valence-electron chi connectivity index (χ1n) is 5.20. The van der Waals surface area contributed by atoms with Crippen molar-refractivity contribution in [2.45, 2.75) is 6.54 Å². The molecular formula is C12H10ClFN4. The van der Waals surface area contributed by atoms with Crippen molar-refractivity contribution < 1.29 is 4.39 Å². The molecular weight excluding hydrogens is 255 g/mol. The van der Waals surface area contributed by atoms with Gasteiger partial charge in [0.05, 0.1) is 17.3 Å². The SMILES string of the molecule is Cn1ccnc1CN(C#N)c1ccc(F)c(Cl)c1. The van der Waals surface area contributed by atoms with E-state index in [1.165, 1.54) is 23.1 Å². The standard InChI is InChI=1S/C12H10ClFN4/c1-17-5-4-16-12(17)7-18(8-15)9-2-3-11(14)10(13)6-9/h2-6H,7H2,1H3. The van der Waals surface area contributed by atoms with Gasteiger partial charge in [0.15, 0.2) is 6.19 Å². The van der Waals surface area contributed by atoms with Gasteiger partial charge >= 0.3 is 0 Å². The molecule has 4 nitrogen and oxygen atoms in total. The van der Waals surface area contributed by atoms with Crippen LogP contribution in [0.5, 0.6) is 0 Å². The van der Waals surface area contributed by atoms with Crippen molar-refractivity contribution in [1.82, 2.24) is 9.55 Å². The van der Waals surface area contributed by atoms with Crippen LogP contribution in [0.1, 0.15) is 5.82 Å². The van der Waals surface area contributed by atoms with Crippen LogP contribution in [0.25, 0.3) is 0 Å². The first-order valence-corrected chi connectivity index (χ1v) is 5.58. The molecule has 2 rings (SSSR count). The van der Waals surface area contributed by atoms with Gasteiger partial charge < -0.3 is 4.57 Å². The molecule has 0 aliphatic carbocycles. The molecule has 0 fully saturated rings. The Balaban J connectivity index is 2.26. The quantitative estimate of drug-likeness (QED) is 0.632. The minimum atomic E-state index is -0.504. The van der Waals surface area contributed by atoms with E-state index >= 15 is 0 Å². The van der Waals surface area contributed by atoms with E-state index in [0.717, 1.165) is 5.82 Å². The summed E-state index contributed by atoms with van der Waals surface area (Å²) in [4.78, 5) is 5.53. The molecule has 18 heavy (non-hydrogen) atoms. The zero-order chi connectivity index (χ0) is 13.1. The molecule has 0 bridgehead atoms. The summed E-state index contributed by atoms with van der Waals surface area (Å²) in [6.45, 7) is 0.308. The van der Waals surface area contributed by atoms with Crippen molar-refractivity contribution in [2.24, 2.45) is 7.05 Å². The molecule has 6 heteroatoms. The minimum absolute atomic E-state index is 0.00686. The Morgan fingerprint density at radius 2 is 2.33 bits per heavy atom. The van der Waals surface area contributed by atoms with Gasteiger partial charge in [-0.1, -0.05) is 11.6 Å². The minimum Gasteiger partial charge on any atom is -0.336 e. The zero-order valence-corrected chi connectivity index (χ0v) is 10.4. The van der Waals surface area contributed by atoms with Gasteiger partial charge in [-0.15, -0.1) is 0 Å². The second kappa shape index (κ2) is 5.07. The molecule has 0 saturated heterocycles. The highest BCUT2D eigenvalue weighted by Crippen LogP contribution is 2.23. The predicted octanol–water partition coefficient (Wildman–Crippen LogP) is 2.70. The van der Waals surface area contributed by atoms with Crippen molar-refractivity contribution in [1.29, 1.82) is 5.26 Å². The lowest BCUT2D eigenvalue weighted by molar-refractivity contribution is 0.628. The Bertz CT molecular complexity index is 602. The average Bonchev–Trinajstić information content (AvgIpc) is 2.75. The number of halogens is 2. The third-order valence-electron chi connectivity index (χ3n) is 2.56. The van der Waals surface area contributed by atoms with Crippen LogP contribution in [0.15, 0.2) is 30.6 Å². The zero-order valence-electron chi connectivity index (χ0n) is 9.64. The molecule has 1 aromatic carbocycles.